The molecule has 3 amide bonds. The number of rotatable bonds is 15. The molecule has 0 aliphatic rings. The Morgan fingerprint density at radius 3 is 2.21 bits per heavy atom. The first kappa shape index (κ1) is 26.5. The Kier molecular flexibility index (Phi) is 14.6. The van der Waals surface area contributed by atoms with Gasteiger partial charge in [-0.2, -0.15) is 24.4 Å². The smallest absolute Gasteiger partial charge is 0.322 e. The predicted molar refractivity (Wildman–Crippen MR) is 112 cm³/mol. The number of carbonyl (C=O) groups excluding carboxylic acids is 3. The number of hydrogen-bond acceptors (Lipinski definition) is 8. The summed E-state index contributed by atoms with van der Waals surface area (Å²) in [7, 11) is 0. The Hall–Kier alpha value is -1.50. The predicted octanol–water partition coefficient (Wildman–Crippen LogP) is -1.70. The van der Waals surface area contributed by atoms with E-state index < -0.39 is 48.4 Å². The van der Waals surface area contributed by atoms with E-state index in [1.165, 1.54) is 11.8 Å². The van der Waals surface area contributed by atoms with Crippen LogP contribution in [0.5, 0.6) is 0 Å². The number of carboxylic acids is 1. The molecular weight excluding hydrogens is 406 g/mol. The Balaban J connectivity index is 4.87. The van der Waals surface area contributed by atoms with Crippen LogP contribution < -0.4 is 27.4 Å². The van der Waals surface area contributed by atoms with Crippen molar-refractivity contribution in [2.75, 3.05) is 30.9 Å². The number of hydrogen-bond donors (Lipinski definition) is 7. The van der Waals surface area contributed by atoms with Crippen molar-refractivity contribution in [2.24, 2.45) is 11.5 Å². The Labute approximate surface area is 174 Å². The summed E-state index contributed by atoms with van der Waals surface area (Å²) in [5.74, 6) is -2.29. The maximum Gasteiger partial charge on any atom is 0.322 e. The van der Waals surface area contributed by atoms with Gasteiger partial charge in [0.15, 0.2) is 0 Å². The highest BCUT2D eigenvalue weighted by Crippen LogP contribution is 2.04. The molecule has 0 aliphatic carbocycles. The Bertz CT molecular complexity index is 524. The van der Waals surface area contributed by atoms with Crippen molar-refractivity contribution in [2.45, 2.75) is 43.8 Å². The topological polar surface area (TPSA) is 177 Å². The fourth-order valence-corrected chi connectivity index (χ4v) is 2.90. The van der Waals surface area contributed by atoms with Gasteiger partial charge < -0.3 is 32.5 Å². The van der Waals surface area contributed by atoms with Crippen LogP contribution in [0.1, 0.15) is 25.7 Å². The van der Waals surface area contributed by atoms with Gasteiger partial charge in [0, 0.05) is 5.75 Å². The summed E-state index contributed by atoms with van der Waals surface area (Å²) in [6, 6.07) is -2.65. The summed E-state index contributed by atoms with van der Waals surface area (Å²) in [5, 5.41) is 15.9. The van der Waals surface area contributed by atoms with Crippen LogP contribution in [0.2, 0.25) is 0 Å². The molecule has 0 aromatic rings. The molecule has 0 heterocycles. The van der Waals surface area contributed by atoms with Gasteiger partial charge in [0.2, 0.25) is 17.7 Å². The van der Waals surface area contributed by atoms with Crippen LogP contribution in [-0.2, 0) is 19.2 Å². The molecule has 0 radical (unpaired) electrons. The maximum atomic E-state index is 12.6. The van der Waals surface area contributed by atoms with Gasteiger partial charge in [-0.1, -0.05) is 6.42 Å². The van der Waals surface area contributed by atoms with Crippen LogP contribution in [-0.4, -0.2) is 77.8 Å². The van der Waals surface area contributed by atoms with Gasteiger partial charge in [0.25, 0.3) is 0 Å². The zero-order valence-electron chi connectivity index (χ0n) is 16.0. The first-order valence-corrected chi connectivity index (χ1v) is 10.9. The largest absolute Gasteiger partial charge is 0.480 e. The molecule has 3 unspecified atom stereocenters. The molecule has 0 saturated heterocycles. The molecule has 0 rings (SSSR count). The van der Waals surface area contributed by atoms with E-state index in [-0.39, 0.29) is 5.75 Å². The van der Waals surface area contributed by atoms with E-state index in [2.05, 4.69) is 28.6 Å². The van der Waals surface area contributed by atoms with Crippen LogP contribution in [0.25, 0.3) is 0 Å². The number of unbranched alkanes of at least 4 members (excludes halogenated alkanes) is 1. The number of thiol groups is 1. The summed E-state index contributed by atoms with van der Waals surface area (Å²) in [6.07, 6.45) is 4.14. The third-order valence-electron chi connectivity index (χ3n) is 3.78. The number of nitrogens with two attached hydrogens (primary N) is 2. The standard InChI is InChI=1S/C16H31N5O5S2/c1-28-7-5-11(20-14(24)10(18)4-2-3-6-17)16(26)21-12(9-27)15(25)19-8-13(22)23/h10-12,27H,2-9,17-18H2,1H3,(H,19,25)(H,20,24)(H,21,26)(H,22,23). The molecule has 0 aliphatic heterocycles. The number of aliphatic carboxylic acids is 1. The number of carboxylic acid groups (broad SMARTS) is 1. The highest BCUT2D eigenvalue weighted by molar-refractivity contribution is 7.98. The van der Waals surface area contributed by atoms with Crippen molar-refractivity contribution in [1.82, 2.24) is 16.0 Å². The lowest BCUT2D eigenvalue weighted by molar-refractivity contribution is -0.138. The lowest BCUT2D eigenvalue weighted by Gasteiger charge is -2.23. The SMILES string of the molecule is CSCCC(NC(=O)C(N)CCCCN)C(=O)NC(CS)C(=O)NCC(=O)O. The van der Waals surface area contributed by atoms with Gasteiger partial charge in [-0.3, -0.25) is 19.2 Å². The van der Waals surface area contributed by atoms with E-state index in [0.717, 1.165) is 6.42 Å². The molecule has 28 heavy (non-hydrogen) atoms. The molecule has 3 atom stereocenters. The second kappa shape index (κ2) is 15.4. The minimum Gasteiger partial charge on any atom is -0.480 e. The van der Waals surface area contributed by atoms with Crippen LogP contribution in [0.4, 0.5) is 0 Å². The zero-order chi connectivity index (χ0) is 21.5. The lowest BCUT2D eigenvalue weighted by Crippen LogP contribution is -2.56. The number of carbonyl (C=O) groups is 4. The summed E-state index contributed by atoms with van der Waals surface area (Å²) in [5.41, 5.74) is 11.3. The van der Waals surface area contributed by atoms with Crippen molar-refractivity contribution in [3.05, 3.63) is 0 Å². The highest BCUT2D eigenvalue weighted by atomic mass is 32.2. The fourth-order valence-electron chi connectivity index (χ4n) is 2.18. The summed E-state index contributed by atoms with van der Waals surface area (Å²) >= 11 is 5.52. The third-order valence-corrected chi connectivity index (χ3v) is 4.79. The molecule has 0 saturated carbocycles. The van der Waals surface area contributed by atoms with E-state index in [0.29, 0.717) is 31.6 Å². The van der Waals surface area contributed by atoms with Crippen molar-refractivity contribution in [3.8, 4) is 0 Å². The van der Waals surface area contributed by atoms with Crippen LogP contribution in [0.15, 0.2) is 0 Å². The molecule has 8 N–H and O–H groups in total. The van der Waals surface area contributed by atoms with Gasteiger partial charge in [0.05, 0.1) is 6.04 Å². The molecular formula is C16H31N5O5S2. The Morgan fingerprint density at radius 2 is 1.68 bits per heavy atom. The van der Waals surface area contributed by atoms with E-state index in [1.807, 2.05) is 6.26 Å². The average molecular weight is 438 g/mol. The van der Waals surface area contributed by atoms with Gasteiger partial charge in [-0.25, -0.2) is 0 Å². The normalized spacial score (nSPS) is 13.9. The van der Waals surface area contributed by atoms with Gasteiger partial charge in [-0.15, -0.1) is 0 Å². The minimum atomic E-state index is -1.20. The van der Waals surface area contributed by atoms with Gasteiger partial charge in [0.1, 0.15) is 18.6 Å². The number of thioether (sulfide) groups is 1. The van der Waals surface area contributed by atoms with Crippen molar-refractivity contribution < 1.29 is 24.3 Å². The van der Waals surface area contributed by atoms with E-state index >= 15 is 0 Å². The second-order valence-corrected chi connectivity index (χ2v) is 7.44. The fraction of sp³-hybridized carbons (Fsp3) is 0.750. The molecule has 0 bridgehead atoms. The quantitative estimate of drug-likeness (QED) is 0.117. The van der Waals surface area contributed by atoms with Crippen LogP contribution in [0.3, 0.4) is 0 Å². The number of amides is 3. The van der Waals surface area contributed by atoms with Gasteiger partial charge in [-0.05, 0) is 37.8 Å². The highest BCUT2D eigenvalue weighted by Gasteiger charge is 2.27. The maximum absolute atomic E-state index is 12.6. The average Bonchev–Trinajstić information content (AvgIpc) is 2.66. The van der Waals surface area contributed by atoms with E-state index in [1.54, 1.807) is 0 Å². The molecule has 0 fully saturated rings. The minimum absolute atomic E-state index is 0.0288. The van der Waals surface area contributed by atoms with Crippen molar-refractivity contribution in [1.29, 1.82) is 0 Å². The van der Waals surface area contributed by atoms with Gasteiger partial charge >= 0.3 is 5.97 Å². The molecule has 12 heteroatoms. The van der Waals surface area contributed by atoms with Crippen LogP contribution in [0, 0.1) is 0 Å². The first-order chi connectivity index (χ1) is 13.3. The third kappa shape index (κ3) is 11.4. The molecule has 0 aromatic carbocycles. The Morgan fingerprint density at radius 1 is 1.04 bits per heavy atom. The monoisotopic (exact) mass is 437 g/mol. The summed E-state index contributed by atoms with van der Waals surface area (Å²) in [4.78, 5) is 47.3. The lowest BCUT2D eigenvalue weighted by atomic mass is 10.1. The van der Waals surface area contributed by atoms with Crippen LogP contribution >= 0.6 is 24.4 Å². The zero-order valence-corrected chi connectivity index (χ0v) is 17.7. The molecule has 0 aromatic heterocycles. The second-order valence-electron chi connectivity index (χ2n) is 6.09. The summed E-state index contributed by atoms with van der Waals surface area (Å²) in [6.45, 7) is -0.0502. The molecule has 162 valence electrons. The van der Waals surface area contributed by atoms with E-state index in [4.69, 9.17) is 16.6 Å². The van der Waals surface area contributed by atoms with E-state index in [9.17, 15) is 19.2 Å². The van der Waals surface area contributed by atoms with Crippen molar-refractivity contribution >= 4 is 48.1 Å². The summed E-state index contributed by atoms with van der Waals surface area (Å²) < 4.78 is 0. The van der Waals surface area contributed by atoms with Crippen molar-refractivity contribution in [3.63, 3.8) is 0 Å². The first-order valence-electron chi connectivity index (χ1n) is 8.92. The number of nitrogens with one attached hydrogen (secondary N) is 3. The molecule has 0 spiro atoms. The molecule has 10 nitrogen and oxygen atoms in total.